The molecule has 6 heteroatoms. The van der Waals surface area contributed by atoms with Gasteiger partial charge in [0.1, 0.15) is 11.5 Å². The van der Waals surface area contributed by atoms with Gasteiger partial charge >= 0.3 is 5.97 Å². The Labute approximate surface area is 146 Å². The van der Waals surface area contributed by atoms with E-state index in [2.05, 4.69) is 0 Å². The van der Waals surface area contributed by atoms with Gasteiger partial charge in [-0.3, -0.25) is 4.79 Å². The normalized spacial score (nSPS) is 11.5. The van der Waals surface area contributed by atoms with Gasteiger partial charge in [-0.2, -0.15) is 0 Å². The average molecular weight is 343 g/mol. The fourth-order valence-electron chi connectivity index (χ4n) is 2.32. The monoisotopic (exact) mass is 343 g/mol. The number of ether oxygens (including phenoxy) is 2. The molecule has 0 aliphatic carbocycles. The van der Waals surface area contributed by atoms with Crippen LogP contribution in [0.5, 0.6) is 11.5 Å². The number of carboxylic acids is 1. The van der Waals surface area contributed by atoms with E-state index in [4.69, 9.17) is 14.6 Å². The van der Waals surface area contributed by atoms with E-state index in [1.165, 1.54) is 12.1 Å². The van der Waals surface area contributed by atoms with Crippen LogP contribution in [-0.4, -0.2) is 42.1 Å². The number of carbonyl (C=O) groups is 2. The van der Waals surface area contributed by atoms with Crippen LogP contribution in [0.15, 0.2) is 48.5 Å². The summed E-state index contributed by atoms with van der Waals surface area (Å²) in [5.74, 6) is 0.157. The first-order valence-corrected chi connectivity index (χ1v) is 7.78. The van der Waals surface area contributed by atoms with Crippen LogP contribution in [-0.2, 0) is 11.3 Å². The summed E-state index contributed by atoms with van der Waals surface area (Å²) in [5, 5.41) is 8.90. The van der Waals surface area contributed by atoms with Crippen molar-refractivity contribution in [2.75, 3.05) is 14.2 Å². The number of rotatable bonds is 7. The van der Waals surface area contributed by atoms with Crippen molar-refractivity contribution >= 4 is 11.9 Å². The Kier molecular flexibility index (Phi) is 6.00. The van der Waals surface area contributed by atoms with Gasteiger partial charge < -0.3 is 19.5 Å². The molecule has 2 aromatic rings. The van der Waals surface area contributed by atoms with E-state index in [1.807, 2.05) is 0 Å². The third-order valence-corrected chi connectivity index (χ3v) is 3.72. The van der Waals surface area contributed by atoms with E-state index in [1.54, 1.807) is 62.4 Å². The molecule has 6 nitrogen and oxygen atoms in total. The summed E-state index contributed by atoms with van der Waals surface area (Å²) in [6.45, 7) is 2.06. The van der Waals surface area contributed by atoms with Gasteiger partial charge in [0.05, 0.1) is 12.7 Å². The van der Waals surface area contributed by atoms with Crippen LogP contribution in [0.25, 0.3) is 0 Å². The van der Waals surface area contributed by atoms with Crippen molar-refractivity contribution < 1.29 is 24.2 Å². The minimum Gasteiger partial charge on any atom is -0.497 e. The Bertz CT molecular complexity index is 724. The van der Waals surface area contributed by atoms with Crippen LogP contribution in [0, 0.1) is 0 Å². The maximum atomic E-state index is 12.4. The standard InChI is InChI=1S/C19H21NO5/c1-13(25-17-10-8-16(24-3)9-11-17)18(21)20(2)12-14-4-6-15(7-5-14)19(22)23/h4-11,13H,12H2,1-3H3,(H,22,23). The van der Waals surface area contributed by atoms with E-state index in [-0.39, 0.29) is 11.5 Å². The van der Waals surface area contributed by atoms with Gasteiger partial charge in [-0.1, -0.05) is 12.1 Å². The number of methoxy groups -OCH3 is 1. The molecule has 0 saturated carbocycles. The number of carbonyl (C=O) groups excluding carboxylic acids is 1. The van der Waals surface area contributed by atoms with Crippen molar-refractivity contribution in [3.05, 3.63) is 59.7 Å². The number of carboxylic acid groups (broad SMARTS) is 1. The van der Waals surface area contributed by atoms with Crippen LogP contribution in [0.1, 0.15) is 22.8 Å². The average Bonchev–Trinajstić information content (AvgIpc) is 2.62. The highest BCUT2D eigenvalue weighted by atomic mass is 16.5. The summed E-state index contributed by atoms with van der Waals surface area (Å²) < 4.78 is 10.7. The molecular formula is C19H21NO5. The lowest BCUT2D eigenvalue weighted by Gasteiger charge is -2.22. The second-order valence-corrected chi connectivity index (χ2v) is 5.63. The van der Waals surface area contributed by atoms with Gasteiger partial charge in [0.15, 0.2) is 6.10 Å². The molecule has 0 heterocycles. The number of hydrogen-bond acceptors (Lipinski definition) is 4. The quantitative estimate of drug-likeness (QED) is 0.836. The highest BCUT2D eigenvalue weighted by molar-refractivity contribution is 5.87. The van der Waals surface area contributed by atoms with Crippen molar-refractivity contribution in [2.24, 2.45) is 0 Å². The molecular weight excluding hydrogens is 322 g/mol. The van der Waals surface area contributed by atoms with Crippen LogP contribution < -0.4 is 9.47 Å². The summed E-state index contributed by atoms with van der Waals surface area (Å²) in [5.41, 5.74) is 1.06. The largest absolute Gasteiger partial charge is 0.497 e. The molecule has 132 valence electrons. The van der Waals surface area contributed by atoms with Gasteiger partial charge in [0.25, 0.3) is 5.91 Å². The van der Waals surface area contributed by atoms with Gasteiger partial charge in [-0.25, -0.2) is 4.79 Å². The molecule has 2 aromatic carbocycles. The predicted octanol–water partition coefficient (Wildman–Crippen LogP) is 2.82. The van der Waals surface area contributed by atoms with E-state index in [0.29, 0.717) is 18.0 Å². The number of hydrogen-bond donors (Lipinski definition) is 1. The van der Waals surface area contributed by atoms with Crippen LogP contribution >= 0.6 is 0 Å². The summed E-state index contributed by atoms with van der Waals surface area (Å²) in [4.78, 5) is 24.8. The first kappa shape index (κ1) is 18.3. The first-order valence-electron chi connectivity index (χ1n) is 7.78. The highest BCUT2D eigenvalue weighted by Gasteiger charge is 2.19. The van der Waals surface area contributed by atoms with Gasteiger partial charge in [0.2, 0.25) is 0 Å². The number of aromatic carboxylic acids is 1. The molecule has 1 N–H and O–H groups in total. The lowest BCUT2D eigenvalue weighted by atomic mass is 10.1. The lowest BCUT2D eigenvalue weighted by Crippen LogP contribution is -2.37. The van der Waals surface area contributed by atoms with Crippen molar-refractivity contribution in [1.29, 1.82) is 0 Å². The summed E-state index contributed by atoms with van der Waals surface area (Å²) in [6, 6.07) is 13.5. The Morgan fingerprint density at radius 2 is 1.60 bits per heavy atom. The number of nitrogens with zero attached hydrogens (tertiary/aromatic N) is 1. The fraction of sp³-hybridized carbons (Fsp3) is 0.263. The molecule has 0 radical (unpaired) electrons. The Morgan fingerprint density at radius 3 is 2.12 bits per heavy atom. The molecule has 0 fully saturated rings. The molecule has 0 aliphatic rings. The zero-order valence-electron chi connectivity index (χ0n) is 14.4. The van der Waals surface area contributed by atoms with Crippen molar-refractivity contribution in [3.8, 4) is 11.5 Å². The Morgan fingerprint density at radius 1 is 1.04 bits per heavy atom. The Balaban J connectivity index is 1.94. The van der Waals surface area contributed by atoms with Gasteiger partial charge in [-0.15, -0.1) is 0 Å². The summed E-state index contributed by atoms with van der Waals surface area (Å²) in [7, 11) is 3.27. The zero-order chi connectivity index (χ0) is 18.4. The summed E-state index contributed by atoms with van der Waals surface area (Å²) >= 11 is 0. The van der Waals surface area contributed by atoms with E-state index in [9.17, 15) is 9.59 Å². The zero-order valence-corrected chi connectivity index (χ0v) is 14.4. The smallest absolute Gasteiger partial charge is 0.335 e. The number of likely N-dealkylation sites (N-methyl/N-ethyl adjacent to an activating group) is 1. The second kappa shape index (κ2) is 8.19. The van der Waals surface area contributed by atoms with Crippen LogP contribution in [0.3, 0.4) is 0 Å². The molecule has 1 atom stereocenters. The second-order valence-electron chi connectivity index (χ2n) is 5.63. The molecule has 0 spiro atoms. The van der Waals surface area contributed by atoms with Crippen molar-refractivity contribution in [3.63, 3.8) is 0 Å². The molecule has 0 aromatic heterocycles. The van der Waals surface area contributed by atoms with Crippen LogP contribution in [0.4, 0.5) is 0 Å². The van der Waals surface area contributed by atoms with Crippen molar-refractivity contribution in [2.45, 2.75) is 19.6 Å². The van der Waals surface area contributed by atoms with Gasteiger partial charge in [-0.05, 0) is 48.9 Å². The fourth-order valence-corrected chi connectivity index (χ4v) is 2.32. The molecule has 1 unspecified atom stereocenters. The predicted molar refractivity (Wildman–Crippen MR) is 93.0 cm³/mol. The third kappa shape index (κ3) is 4.97. The first-order chi connectivity index (χ1) is 11.9. The number of benzene rings is 2. The minimum atomic E-state index is -0.975. The maximum Gasteiger partial charge on any atom is 0.335 e. The van der Waals surface area contributed by atoms with E-state index in [0.717, 1.165) is 5.56 Å². The summed E-state index contributed by atoms with van der Waals surface area (Å²) in [6.07, 6.45) is -0.642. The minimum absolute atomic E-state index is 0.168. The molecule has 2 rings (SSSR count). The highest BCUT2D eigenvalue weighted by Crippen LogP contribution is 2.19. The number of amides is 1. The molecule has 0 bridgehead atoms. The van der Waals surface area contributed by atoms with E-state index >= 15 is 0 Å². The lowest BCUT2D eigenvalue weighted by molar-refractivity contribution is -0.137. The molecule has 1 amide bonds. The van der Waals surface area contributed by atoms with Crippen LogP contribution in [0.2, 0.25) is 0 Å². The van der Waals surface area contributed by atoms with E-state index < -0.39 is 12.1 Å². The molecule has 0 saturated heterocycles. The third-order valence-electron chi connectivity index (χ3n) is 3.72. The van der Waals surface area contributed by atoms with Gasteiger partial charge in [0, 0.05) is 13.6 Å². The Hall–Kier alpha value is -3.02. The van der Waals surface area contributed by atoms with Crippen molar-refractivity contribution in [1.82, 2.24) is 4.90 Å². The molecule has 0 aliphatic heterocycles. The molecule has 25 heavy (non-hydrogen) atoms. The SMILES string of the molecule is COc1ccc(OC(C)C(=O)N(C)Cc2ccc(C(=O)O)cc2)cc1. The maximum absolute atomic E-state index is 12.4. The topological polar surface area (TPSA) is 76.1 Å².